The van der Waals surface area contributed by atoms with Crippen molar-refractivity contribution >= 4 is 15.9 Å². The molecule has 1 unspecified atom stereocenters. The van der Waals surface area contributed by atoms with E-state index < -0.39 is 0 Å². The van der Waals surface area contributed by atoms with Crippen LogP contribution in [0.25, 0.3) is 0 Å². The number of rotatable bonds is 8. The number of nitrogens with one attached hydrogen (secondary N) is 1. The molecule has 4 heteroatoms. The van der Waals surface area contributed by atoms with Crippen LogP contribution in [0.5, 0.6) is 0 Å². The van der Waals surface area contributed by atoms with E-state index in [1.54, 1.807) is 0 Å². The third kappa shape index (κ3) is 6.50. The fourth-order valence-electron chi connectivity index (χ4n) is 1.80. The Kier molecular flexibility index (Phi) is 7.57. The van der Waals surface area contributed by atoms with E-state index in [4.69, 9.17) is 4.74 Å². The van der Waals surface area contributed by atoms with Gasteiger partial charge < -0.3 is 10.1 Å². The fourth-order valence-corrected chi connectivity index (χ4v) is 2.31. The molecule has 0 spiro atoms. The van der Waals surface area contributed by atoms with Gasteiger partial charge in [0.05, 0.1) is 12.7 Å². The van der Waals surface area contributed by atoms with Crippen LogP contribution in [0, 0.1) is 5.82 Å². The summed E-state index contributed by atoms with van der Waals surface area (Å²) in [5.41, 5.74) is 1.10. The van der Waals surface area contributed by atoms with E-state index in [9.17, 15) is 4.39 Å². The molecule has 0 aliphatic rings. The molecule has 0 aliphatic carbocycles. The van der Waals surface area contributed by atoms with Crippen LogP contribution < -0.4 is 5.32 Å². The highest BCUT2D eigenvalue weighted by atomic mass is 79.9. The van der Waals surface area contributed by atoms with E-state index in [0.717, 1.165) is 29.4 Å². The Morgan fingerprint density at radius 2 is 2.11 bits per heavy atom. The van der Waals surface area contributed by atoms with Crippen molar-refractivity contribution in [3.63, 3.8) is 0 Å². The van der Waals surface area contributed by atoms with Gasteiger partial charge in [-0.05, 0) is 50.9 Å². The van der Waals surface area contributed by atoms with Crippen LogP contribution >= 0.6 is 15.9 Å². The Morgan fingerprint density at radius 1 is 1.37 bits per heavy atom. The topological polar surface area (TPSA) is 21.3 Å². The minimum atomic E-state index is -0.216. The molecule has 0 saturated carbocycles. The van der Waals surface area contributed by atoms with Crippen molar-refractivity contribution < 1.29 is 9.13 Å². The molecule has 0 aliphatic heterocycles. The molecule has 0 amide bonds. The zero-order valence-electron chi connectivity index (χ0n) is 11.9. The second-order valence-corrected chi connectivity index (χ2v) is 5.83. The summed E-state index contributed by atoms with van der Waals surface area (Å²) in [6.45, 7) is 7.84. The minimum absolute atomic E-state index is 0.216. The van der Waals surface area contributed by atoms with E-state index >= 15 is 0 Å². The summed E-state index contributed by atoms with van der Waals surface area (Å²) >= 11 is 3.42. The predicted molar refractivity (Wildman–Crippen MR) is 81.0 cm³/mol. The molecule has 0 aromatic heterocycles. The molecule has 1 N–H and O–H groups in total. The average Bonchev–Trinajstić information content (AvgIpc) is 2.35. The van der Waals surface area contributed by atoms with Gasteiger partial charge in [-0.3, -0.25) is 0 Å². The van der Waals surface area contributed by atoms with E-state index in [1.165, 1.54) is 12.1 Å². The van der Waals surface area contributed by atoms with Crippen molar-refractivity contribution in [3.8, 4) is 0 Å². The third-order valence-electron chi connectivity index (χ3n) is 2.80. The quantitative estimate of drug-likeness (QED) is 0.779. The monoisotopic (exact) mass is 331 g/mol. The number of benzene rings is 1. The second-order valence-electron chi connectivity index (χ2n) is 4.97. The van der Waals surface area contributed by atoms with Crippen molar-refractivity contribution in [3.05, 3.63) is 34.1 Å². The molecule has 0 bridgehead atoms. The molecular formula is C15H23BrFNO. The van der Waals surface area contributed by atoms with Crippen molar-refractivity contribution in [2.75, 3.05) is 13.2 Å². The van der Waals surface area contributed by atoms with Gasteiger partial charge in [-0.25, -0.2) is 4.39 Å². The van der Waals surface area contributed by atoms with Crippen LogP contribution in [0.3, 0.4) is 0 Å². The lowest BCUT2D eigenvalue weighted by atomic mass is 10.1. The molecule has 108 valence electrons. The van der Waals surface area contributed by atoms with Crippen LogP contribution in [0.15, 0.2) is 22.7 Å². The number of hydrogen-bond acceptors (Lipinski definition) is 2. The van der Waals surface area contributed by atoms with E-state index in [-0.39, 0.29) is 18.0 Å². The first-order valence-electron chi connectivity index (χ1n) is 6.81. The highest BCUT2D eigenvalue weighted by Gasteiger charge is 2.12. The Balaban J connectivity index is 2.63. The van der Waals surface area contributed by atoms with Crippen molar-refractivity contribution in [1.82, 2.24) is 5.32 Å². The summed E-state index contributed by atoms with van der Waals surface area (Å²) in [6, 6.07) is 5.09. The van der Waals surface area contributed by atoms with Crippen LogP contribution in [-0.4, -0.2) is 25.3 Å². The highest BCUT2D eigenvalue weighted by Crippen LogP contribution is 2.19. The molecular weight excluding hydrogens is 309 g/mol. The molecule has 0 heterocycles. The first kappa shape index (κ1) is 16.6. The number of halogens is 2. The van der Waals surface area contributed by atoms with Gasteiger partial charge in [0.2, 0.25) is 0 Å². The maximum atomic E-state index is 13.1. The molecule has 2 nitrogen and oxygen atoms in total. The van der Waals surface area contributed by atoms with Crippen molar-refractivity contribution in [1.29, 1.82) is 0 Å². The Hall–Kier alpha value is -0.450. The van der Waals surface area contributed by atoms with Crippen LogP contribution in [0.4, 0.5) is 4.39 Å². The smallest absolute Gasteiger partial charge is 0.124 e. The fraction of sp³-hybridized carbons (Fsp3) is 0.600. The molecule has 0 radical (unpaired) electrons. The largest absolute Gasteiger partial charge is 0.377 e. The Bertz CT molecular complexity index is 384. The van der Waals surface area contributed by atoms with Gasteiger partial charge >= 0.3 is 0 Å². The molecule has 0 fully saturated rings. The van der Waals surface area contributed by atoms with Crippen LogP contribution in [0.2, 0.25) is 0 Å². The normalized spacial score (nSPS) is 12.9. The minimum Gasteiger partial charge on any atom is -0.377 e. The predicted octanol–water partition coefficient (Wildman–Crippen LogP) is 3.92. The first-order chi connectivity index (χ1) is 9.02. The second kappa shape index (κ2) is 8.67. The van der Waals surface area contributed by atoms with Gasteiger partial charge in [0.25, 0.3) is 0 Å². The number of hydrogen-bond donors (Lipinski definition) is 1. The highest BCUT2D eigenvalue weighted by molar-refractivity contribution is 9.10. The SMILES string of the molecule is CCCNC(COC(C)C)Cc1ccc(F)cc1Br. The van der Waals surface area contributed by atoms with Gasteiger partial charge in [0.1, 0.15) is 5.82 Å². The summed E-state index contributed by atoms with van der Waals surface area (Å²) in [4.78, 5) is 0. The summed E-state index contributed by atoms with van der Waals surface area (Å²) in [7, 11) is 0. The summed E-state index contributed by atoms with van der Waals surface area (Å²) in [6.07, 6.45) is 2.14. The van der Waals surface area contributed by atoms with Crippen molar-refractivity contribution in [2.45, 2.75) is 45.8 Å². The van der Waals surface area contributed by atoms with Gasteiger partial charge in [-0.1, -0.05) is 28.9 Å². The molecule has 1 rings (SSSR count). The molecule has 0 saturated heterocycles. The van der Waals surface area contributed by atoms with E-state index in [2.05, 4.69) is 28.2 Å². The zero-order valence-corrected chi connectivity index (χ0v) is 13.5. The zero-order chi connectivity index (χ0) is 14.3. The summed E-state index contributed by atoms with van der Waals surface area (Å²) < 4.78 is 19.6. The van der Waals surface area contributed by atoms with Gasteiger partial charge in [0.15, 0.2) is 0 Å². The Morgan fingerprint density at radius 3 is 2.68 bits per heavy atom. The molecule has 1 aromatic carbocycles. The maximum Gasteiger partial charge on any atom is 0.124 e. The summed E-state index contributed by atoms with van der Waals surface area (Å²) in [5, 5.41) is 3.48. The van der Waals surface area contributed by atoms with Gasteiger partial charge in [-0.15, -0.1) is 0 Å². The lowest BCUT2D eigenvalue weighted by Crippen LogP contribution is -2.36. The average molecular weight is 332 g/mol. The molecule has 19 heavy (non-hydrogen) atoms. The first-order valence-corrected chi connectivity index (χ1v) is 7.61. The van der Waals surface area contributed by atoms with E-state index in [0.29, 0.717) is 6.61 Å². The van der Waals surface area contributed by atoms with E-state index in [1.807, 2.05) is 19.9 Å². The van der Waals surface area contributed by atoms with Crippen LogP contribution in [-0.2, 0) is 11.2 Å². The molecule has 1 aromatic rings. The Labute approximate surface area is 123 Å². The lowest BCUT2D eigenvalue weighted by Gasteiger charge is -2.20. The van der Waals surface area contributed by atoms with Gasteiger partial charge in [0, 0.05) is 10.5 Å². The van der Waals surface area contributed by atoms with Crippen molar-refractivity contribution in [2.24, 2.45) is 0 Å². The maximum absolute atomic E-state index is 13.1. The van der Waals surface area contributed by atoms with Crippen LogP contribution in [0.1, 0.15) is 32.8 Å². The van der Waals surface area contributed by atoms with Gasteiger partial charge in [-0.2, -0.15) is 0 Å². The summed E-state index contributed by atoms with van der Waals surface area (Å²) in [5.74, 6) is -0.216. The molecule has 1 atom stereocenters. The standard InChI is InChI=1S/C15H23BrFNO/c1-4-7-18-14(10-19-11(2)3)8-12-5-6-13(17)9-15(12)16/h5-6,9,11,14,18H,4,7-8,10H2,1-3H3. The third-order valence-corrected chi connectivity index (χ3v) is 3.53. The number of ether oxygens (including phenoxy) is 1. The lowest BCUT2D eigenvalue weighted by molar-refractivity contribution is 0.0612.